The van der Waals surface area contributed by atoms with Crippen LogP contribution in [-0.2, 0) is 28.7 Å². The van der Waals surface area contributed by atoms with Crippen LogP contribution in [-0.4, -0.2) is 54.3 Å². The molecule has 1 aliphatic carbocycles. The number of imide groups is 1. The number of fused-ring (bicyclic) bond motifs is 1. The van der Waals surface area contributed by atoms with E-state index in [-0.39, 0.29) is 17.2 Å². The minimum atomic E-state index is -0.866. The topological polar surface area (TPSA) is 119 Å². The predicted molar refractivity (Wildman–Crippen MR) is 127 cm³/mol. The first-order valence-corrected chi connectivity index (χ1v) is 12.1. The Morgan fingerprint density at radius 1 is 1.03 bits per heavy atom. The molecule has 1 fully saturated rings. The maximum Gasteiger partial charge on any atom is 0.341 e. The van der Waals surface area contributed by atoms with Gasteiger partial charge in [-0.15, -0.1) is 11.3 Å². The Bertz CT molecular complexity index is 1160. The van der Waals surface area contributed by atoms with E-state index in [2.05, 4.69) is 5.32 Å². The number of amides is 3. The van der Waals surface area contributed by atoms with Gasteiger partial charge in [-0.3, -0.25) is 24.1 Å². The standard InChI is InChI=1S/C25H24N2O7S/c1-2-33-25(32)21-18(15-8-4-3-5-9-15)14-35-22(21)26-19(28)13-34-20(29)12-27-23(30)16-10-6-7-11-17(16)24(27)31/h3-9,14,16-17H,2,10-13H2,1H3,(H,26,28)/t16-,17+. The fourth-order valence-electron chi connectivity index (χ4n) is 4.19. The van der Waals surface area contributed by atoms with E-state index in [9.17, 15) is 24.0 Å². The van der Waals surface area contributed by atoms with Gasteiger partial charge in [0.1, 0.15) is 17.1 Å². The van der Waals surface area contributed by atoms with E-state index in [0.29, 0.717) is 18.4 Å². The lowest BCUT2D eigenvalue weighted by molar-refractivity contribution is -0.154. The number of benzene rings is 1. The molecule has 2 atom stereocenters. The smallest absolute Gasteiger partial charge is 0.341 e. The normalized spacial score (nSPS) is 18.8. The SMILES string of the molecule is CCOC(=O)c1c(-c2ccccc2)csc1NC(=O)COC(=O)CN1C(=O)[C@H]2CC=CC[C@H]2C1=O. The molecule has 10 heteroatoms. The number of likely N-dealkylation sites (tertiary alicyclic amines) is 1. The summed E-state index contributed by atoms with van der Waals surface area (Å²) in [5.74, 6) is -3.78. The molecule has 0 saturated carbocycles. The molecular weight excluding hydrogens is 472 g/mol. The minimum Gasteiger partial charge on any atom is -0.462 e. The summed E-state index contributed by atoms with van der Waals surface area (Å²) in [7, 11) is 0. The molecule has 1 saturated heterocycles. The Kier molecular flexibility index (Phi) is 7.40. The highest BCUT2D eigenvalue weighted by Crippen LogP contribution is 2.36. The molecule has 1 aromatic heterocycles. The third-order valence-electron chi connectivity index (χ3n) is 5.86. The van der Waals surface area contributed by atoms with Crippen LogP contribution in [0.3, 0.4) is 0 Å². The summed E-state index contributed by atoms with van der Waals surface area (Å²) in [5, 5.41) is 4.60. The maximum absolute atomic E-state index is 12.6. The summed E-state index contributed by atoms with van der Waals surface area (Å²) in [6.07, 6.45) is 4.66. The van der Waals surface area contributed by atoms with Gasteiger partial charge < -0.3 is 14.8 Å². The first kappa shape index (κ1) is 24.3. The molecule has 35 heavy (non-hydrogen) atoms. The quantitative estimate of drug-likeness (QED) is 0.339. The number of anilines is 1. The summed E-state index contributed by atoms with van der Waals surface area (Å²) in [6, 6.07) is 9.20. The Morgan fingerprint density at radius 2 is 1.69 bits per heavy atom. The summed E-state index contributed by atoms with van der Waals surface area (Å²) < 4.78 is 10.2. The van der Waals surface area contributed by atoms with Gasteiger partial charge >= 0.3 is 11.9 Å². The fraction of sp³-hybridized carbons (Fsp3) is 0.320. The molecule has 2 heterocycles. The van der Waals surface area contributed by atoms with Crippen molar-refractivity contribution in [2.24, 2.45) is 11.8 Å². The van der Waals surface area contributed by atoms with Gasteiger partial charge in [-0.05, 0) is 25.3 Å². The zero-order valence-electron chi connectivity index (χ0n) is 19.0. The average Bonchev–Trinajstić information content (AvgIpc) is 3.38. The van der Waals surface area contributed by atoms with E-state index in [4.69, 9.17) is 9.47 Å². The summed E-state index contributed by atoms with van der Waals surface area (Å²) in [5.41, 5.74) is 1.62. The van der Waals surface area contributed by atoms with Crippen molar-refractivity contribution in [3.8, 4) is 11.1 Å². The van der Waals surface area contributed by atoms with Crippen LogP contribution in [0.25, 0.3) is 11.1 Å². The van der Waals surface area contributed by atoms with Crippen LogP contribution in [0.2, 0.25) is 0 Å². The molecule has 1 aliphatic heterocycles. The zero-order chi connectivity index (χ0) is 24.9. The number of carbonyl (C=O) groups excluding carboxylic acids is 5. The van der Waals surface area contributed by atoms with Crippen LogP contribution >= 0.6 is 11.3 Å². The molecule has 9 nitrogen and oxygen atoms in total. The van der Waals surface area contributed by atoms with Gasteiger partial charge in [0.15, 0.2) is 6.61 Å². The van der Waals surface area contributed by atoms with Crippen molar-refractivity contribution in [2.45, 2.75) is 19.8 Å². The minimum absolute atomic E-state index is 0.166. The van der Waals surface area contributed by atoms with Gasteiger partial charge in [-0.1, -0.05) is 42.5 Å². The van der Waals surface area contributed by atoms with Crippen molar-refractivity contribution in [3.05, 3.63) is 53.4 Å². The van der Waals surface area contributed by atoms with Gasteiger partial charge in [0, 0.05) is 10.9 Å². The molecule has 0 bridgehead atoms. The lowest BCUT2D eigenvalue weighted by atomic mass is 9.85. The van der Waals surface area contributed by atoms with E-state index in [1.54, 1.807) is 12.3 Å². The number of hydrogen-bond acceptors (Lipinski definition) is 8. The molecule has 1 aromatic carbocycles. The van der Waals surface area contributed by atoms with Crippen molar-refractivity contribution >= 4 is 46.0 Å². The molecule has 0 unspecified atom stereocenters. The number of carbonyl (C=O) groups is 5. The maximum atomic E-state index is 12.6. The van der Waals surface area contributed by atoms with Crippen LogP contribution in [0.15, 0.2) is 47.9 Å². The zero-order valence-corrected chi connectivity index (χ0v) is 19.8. The van der Waals surface area contributed by atoms with Crippen LogP contribution in [0.1, 0.15) is 30.1 Å². The second-order valence-electron chi connectivity index (χ2n) is 8.07. The van der Waals surface area contributed by atoms with E-state index in [1.165, 1.54) is 0 Å². The summed E-state index contributed by atoms with van der Waals surface area (Å²) in [6.45, 7) is 0.679. The third kappa shape index (κ3) is 5.17. The Morgan fingerprint density at radius 3 is 2.31 bits per heavy atom. The monoisotopic (exact) mass is 496 g/mol. The van der Waals surface area contributed by atoms with E-state index in [0.717, 1.165) is 21.8 Å². The van der Waals surface area contributed by atoms with Crippen LogP contribution in [0.4, 0.5) is 5.00 Å². The number of nitrogens with zero attached hydrogens (tertiary/aromatic N) is 1. The largest absolute Gasteiger partial charge is 0.462 e. The highest BCUT2D eigenvalue weighted by atomic mass is 32.1. The lowest BCUT2D eigenvalue weighted by Gasteiger charge is -2.14. The molecule has 1 N–H and O–H groups in total. The Labute approximate surface area is 205 Å². The fourth-order valence-corrected chi connectivity index (χ4v) is 5.17. The van der Waals surface area contributed by atoms with E-state index in [1.807, 2.05) is 42.5 Å². The molecule has 3 amide bonds. The third-order valence-corrected chi connectivity index (χ3v) is 6.75. The van der Waals surface area contributed by atoms with Crippen molar-refractivity contribution in [3.63, 3.8) is 0 Å². The first-order chi connectivity index (χ1) is 16.9. The van der Waals surface area contributed by atoms with Gasteiger partial charge in [0.05, 0.1) is 18.4 Å². The van der Waals surface area contributed by atoms with E-state index >= 15 is 0 Å². The van der Waals surface area contributed by atoms with Crippen LogP contribution < -0.4 is 5.32 Å². The molecular formula is C25H24N2O7S. The number of esters is 2. The number of ether oxygens (including phenoxy) is 2. The van der Waals surface area contributed by atoms with Crippen molar-refractivity contribution in [1.82, 2.24) is 4.90 Å². The van der Waals surface area contributed by atoms with Crippen molar-refractivity contribution < 1.29 is 33.4 Å². The molecule has 4 rings (SSSR count). The number of hydrogen-bond donors (Lipinski definition) is 1. The molecule has 182 valence electrons. The molecule has 0 radical (unpaired) electrons. The van der Waals surface area contributed by atoms with Crippen molar-refractivity contribution in [1.29, 1.82) is 0 Å². The number of rotatable bonds is 8. The Hall–Kier alpha value is -3.79. The van der Waals surface area contributed by atoms with E-state index < -0.39 is 54.6 Å². The van der Waals surface area contributed by atoms with Crippen molar-refractivity contribution in [2.75, 3.05) is 25.1 Å². The summed E-state index contributed by atoms with van der Waals surface area (Å²) in [4.78, 5) is 63.2. The highest BCUT2D eigenvalue weighted by Gasteiger charge is 2.47. The highest BCUT2D eigenvalue weighted by molar-refractivity contribution is 7.15. The molecule has 2 aliphatic rings. The van der Waals surface area contributed by atoms with Gasteiger partial charge in [0.25, 0.3) is 5.91 Å². The number of nitrogens with one attached hydrogen (secondary N) is 1. The second kappa shape index (κ2) is 10.6. The average molecular weight is 497 g/mol. The van der Waals surface area contributed by atoms with Gasteiger partial charge in [-0.2, -0.15) is 0 Å². The second-order valence-corrected chi connectivity index (χ2v) is 8.95. The first-order valence-electron chi connectivity index (χ1n) is 11.2. The molecule has 2 aromatic rings. The van der Waals surface area contributed by atoms with Gasteiger partial charge in [0.2, 0.25) is 11.8 Å². The van der Waals surface area contributed by atoms with Crippen LogP contribution in [0.5, 0.6) is 0 Å². The van der Waals surface area contributed by atoms with Gasteiger partial charge in [-0.25, -0.2) is 4.79 Å². The Balaban J connectivity index is 1.38. The predicted octanol–water partition coefficient (Wildman–Crippen LogP) is 3.02. The molecule has 0 spiro atoms. The summed E-state index contributed by atoms with van der Waals surface area (Å²) >= 11 is 1.15. The number of allylic oxidation sites excluding steroid dienone is 2. The number of thiophene rings is 1. The lowest BCUT2D eigenvalue weighted by Crippen LogP contribution is -2.37. The van der Waals surface area contributed by atoms with Crippen LogP contribution in [0, 0.1) is 11.8 Å².